The highest BCUT2D eigenvalue weighted by Crippen LogP contribution is 2.25. The van der Waals surface area contributed by atoms with E-state index < -0.39 is 0 Å². The summed E-state index contributed by atoms with van der Waals surface area (Å²) in [5.41, 5.74) is 12.8. The van der Waals surface area contributed by atoms with Crippen molar-refractivity contribution in [1.29, 1.82) is 0 Å². The van der Waals surface area contributed by atoms with Gasteiger partial charge in [0.25, 0.3) is 0 Å². The van der Waals surface area contributed by atoms with Crippen molar-refractivity contribution >= 4 is 71.0 Å². The van der Waals surface area contributed by atoms with Crippen LogP contribution < -0.4 is 0 Å². The third-order valence-electron chi connectivity index (χ3n) is 6.86. The van der Waals surface area contributed by atoms with Crippen molar-refractivity contribution in [3.8, 4) is 0 Å². The Hall–Kier alpha value is -0.510. The number of benzene rings is 2. The van der Waals surface area contributed by atoms with E-state index in [2.05, 4.69) is 124 Å². The molecule has 4 aromatic rings. The van der Waals surface area contributed by atoms with E-state index in [0.717, 1.165) is 5.52 Å². The lowest BCUT2D eigenvalue weighted by Gasteiger charge is -2.15. The van der Waals surface area contributed by atoms with Crippen LogP contribution in [-0.4, -0.2) is 4.37 Å². The summed E-state index contributed by atoms with van der Waals surface area (Å²) in [6.45, 7) is 32.1. The molecule has 2 heterocycles. The van der Waals surface area contributed by atoms with Crippen molar-refractivity contribution in [3.63, 3.8) is 0 Å². The van der Waals surface area contributed by atoms with Crippen LogP contribution in [0.2, 0.25) is 0 Å². The lowest BCUT2D eigenvalue weighted by molar-refractivity contribution is 1.13. The van der Waals surface area contributed by atoms with Crippen LogP contribution in [0.15, 0.2) is 24.3 Å². The predicted octanol–water partition coefficient (Wildman–Crippen LogP) is 12.9. The summed E-state index contributed by atoms with van der Waals surface area (Å²) in [6, 6.07) is 8.21. The first kappa shape index (κ1) is 38.6. The Morgan fingerprint density at radius 2 is 0.811 bits per heavy atom. The average molecular weight is 766 g/mol. The molecule has 0 fully saturated rings. The number of fused-ring (bicyclic) bond motifs is 1. The van der Waals surface area contributed by atoms with Gasteiger partial charge in [-0.3, -0.25) is 0 Å². The van der Waals surface area contributed by atoms with Crippen LogP contribution in [0, 0.1) is 76.2 Å². The summed E-state index contributed by atoms with van der Waals surface area (Å²) in [4.78, 5) is 4.23. The summed E-state index contributed by atoms with van der Waals surface area (Å²) in [5, 5.41) is 1.28. The van der Waals surface area contributed by atoms with E-state index >= 15 is 0 Å². The highest BCUT2D eigenvalue weighted by Gasteiger charge is 2.07. The molecular formula is C32H49I2NS2. The van der Waals surface area contributed by atoms with Crippen molar-refractivity contribution in [2.45, 2.75) is 104 Å². The Bertz CT molecular complexity index is 1080. The molecule has 0 unspecified atom stereocenters. The molecule has 0 atom stereocenters. The predicted molar refractivity (Wildman–Crippen MR) is 193 cm³/mol. The van der Waals surface area contributed by atoms with Gasteiger partial charge < -0.3 is 0 Å². The molecule has 2 aromatic carbocycles. The SMILES string of the molecule is CC.CC.Cc1c(C)c(C)c(C)c(C)c1C.Cc1sc(C)c(C)c1C.Cc1snc2ccccc12.II. The molecule has 1 nitrogen and oxygen atoms in total. The number of aryl methyl sites for hydroxylation is 3. The summed E-state index contributed by atoms with van der Waals surface area (Å²) in [7, 11) is 0. The van der Waals surface area contributed by atoms with Gasteiger partial charge in [0.05, 0.1) is 5.52 Å². The highest BCUT2D eigenvalue weighted by atomic mass is 128. The van der Waals surface area contributed by atoms with Crippen molar-refractivity contribution in [1.82, 2.24) is 4.37 Å². The molecule has 2 aromatic heterocycles. The van der Waals surface area contributed by atoms with Gasteiger partial charge in [0, 0.05) is 57.2 Å². The molecule has 0 radical (unpaired) electrons. The molecule has 0 N–H and O–H groups in total. The van der Waals surface area contributed by atoms with E-state index in [9.17, 15) is 0 Å². The minimum Gasteiger partial charge on any atom is -0.192 e. The zero-order chi connectivity index (χ0) is 29.5. The van der Waals surface area contributed by atoms with Crippen LogP contribution in [0.3, 0.4) is 0 Å². The van der Waals surface area contributed by atoms with E-state index in [4.69, 9.17) is 0 Å². The zero-order valence-electron chi connectivity index (χ0n) is 25.8. The standard InChI is InChI=1S/C12H18.C8H7NS.C8H12S.2C2H6.I2/c1-7-8(2)10(4)12(6)11(5)9(7)3;1-6-7-4-2-3-5-8(7)9-10-6;1-5-6(2)8(4)9-7(5)3;3*1-2/h1-6H3;2-5H,1H3;1-4H3;2*1-2H3;. The second-order valence-corrected chi connectivity index (χ2v) is 10.9. The van der Waals surface area contributed by atoms with Gasteiger partial charge in [-0.05, 0) is 138 Å². The van der Waals surface area contributed by atoms with Crippen LogP contribution in [0.4, 0.5) is 0 Å². The Morgan fingerprint density at radius 3 is 1.08 bits per heavy atom. The van der Waals surface area contributed by atoms with Gasteiger partial charge in [0.15, 0.2) is 0 Å². The third-order valence-corrected chi connectivity index (χ3v) is 8.87. The van der Waals surface area contributed by atoms with Gasteiger partial charge in [-0.1, -0.05) is 45.9 Å². The summed E-state index contributed by atoms with van der Waals surface area (Å²) < 4.78 is 4.26. The maximum Gasteiger partial charge on any atom is 0.0843 e. The van der Waals surface area contributed by atoms with Crippen molar-refractivity contribution in [2.24, 2.45) is 0 Å². The number of aromatic nitrogens is 1. The van der Waals surface area contributed by atoms with Gasteiger partial charge >= 0.3 is 0 Å². The molecule has 0 saturated heterocycles. The maximum atomic E-state index is 4.26. The Morgan fingerprint density at radius 1 is 0.486 bits per heavy atom. The second kappa shape index (κ2) is 20.4. The number of hydrogen-bond acceptors (Lipinski definition) is 3. The van der Waals surface area contributed by atoms with Crippen molar-refractivity contribution in [2.75, 3.05) is 0 Å². The molecular weight excluding hydrogens is 716 g/mol. The molecule has 0 aliphatic carbocycles. The Labute approximate surface area is 260 Å². The lowest BCUT2D eigenvalue weighted by atomic mass is 9.90. The average Bonchev–Trinajstić information content (AvgIpc) is 3.43. The number of hydrogen-bond donors (Lipinski definition) is 0. The fraction of sp³-hybridized carbons (Fsp3) is 0.469. The Kier molecular flexibility index (Phi) is 21.3. The van der Waals surface area contributed by atoms with Crippen molar-refractivity contribution in [3.05, 3.63) is 83.4 Å². The molecule has 0 spiro atoms. The van der Waals surface area contributed by atoms with E-state index in [-0.39, 0.29) is 0 Å². The van der Waals surface area contributed by atoms with E-state index in [1.54, 1.807) is 11.5 Å². The summed E-state index contributed by atoms with van der Waals surface area (Å²) in [6.07, 6.45) is 0. The van der Waals surface area contributed by atoms with Crippen LogP contribution in [-0.2, 0) is 0 Å². The van der Waals surface area contributed by atoms with E-state index in [0.29, 0.717) is 0 Å². The first-order valence-corrected chi connectivity index (χ1v) is 20.9. The zero-order valence-corrected chi connectivity index (χ0v) is 31.8. The smallest absolute Gasteiger partial charge is 0.0843 e. The monoisotopic (exact) mass is 765 g/mol. The second-order valence-electron chi connectivity index (χ2n) is 8.47. The summed E-state index contributed by atoms with van der Waals surface area (Å²) >= 11 is 7.70. The minimum atomic E-state index is 1.12. The molecule has 0 aliphatic rings. The first-order chi connectivity index (χ1) is 17.5. The topological polar surface area (TPSA) is 12.9 Å². The molecule has 5 heteroatoms. The fourth-order valence-electron chi connectivity index (χ4n) is 3.62. The Balaban J connectivity index is 0. The fourth-order valence-corrected chi connectivity index (χ4v) is 5.35. The molecule has 208 valence electrons. The lowest BCUT2D eigenvalue weighted by Crippen LogP contribution is -1.98. The van der Waals surface area contributed by atoms with Gasteiger partial charge in [0.2, 0.25) is 0 Å². The van der Waals surface area contributed by atoms with Gasteiger partial charge in [-0.15, -0.1) is 11.3 Å². The number of halogens is 2. The van der Waals surface area contributed by atoms with Gasteiger partial charge in [-0.25, -0.2) is 0 Å². The van der Waals surface area contributed by atoms with Crippen LogP contribution in [0.1, 0.15) is 86.8 Å². The van der Waals surface area contributed by atoms with Crippen LogP contribution in [0.5, 0.6) is 0 Å². The molecule has 0 saturated carbocycles. The normalized spacial score (nSPS) is 9.22. The molecule has 4 rings (SSSR count). The molecule has 37 heavy (non-hydrogen) atoms. The number of nitrogens with zero attached hydrogens (tertiary/aromatic N) is 1. The quantitative estimate of drug-likeness (QED) is 0.163. The van der Waals surface area contributed by atoms with Crippen molar-refractivity contribution < 1.29 is 0 Å². The number of thiophene rings is 1. The third kappa shape index (κ3) is 11.2. The molecule has 0 aliphatic heterocycles. The first-order valence-electron chi connectivity index (χ1n) is 13.0. The maximum absolute atomic E-state index is 4.26. The van der Waals surface area contributed by atoms with E-state index in [1.807, 2.05) is 57.2 Å². The summed E-state index contributed by atoms with van der Waals surface area (Å²) in [5.74, 6) is 0. The van der Waals surface area contributed by atoms with E-state index in [1.165, 1.54) is 64.5 Å². The molecule has 0 bridgehead atoms. The highest BCUT2D eigenvalue weighted by molar-refractivity contribution is 15.0. The number of rotatable bonds is 0. The largest absolute Gasteiger partial charge is 0.192 e. The van der Waals surface area contributed by atoms with Gasteiger partial charge in [0.1, 0.15) is 0 Å². The molecule has 0 amide bonds. The van der Waals surface area contributed by atoms with Gasteiger partial charge in [-0.2, -0.15) is 4.37 Å². The minimum absolute atomic E-state index is 1.12. The van der Waals surface area contributed by atoms with Crippen LogP contribution >= 0.6 is 60.1 Å². The van der Waals surface area contributed by atoms with Crippen LogP contribution in [0.25, 0.3) is 10.9 Å².